The van der Waals surface area contributed by atoms with Gasteiger partial charge in [-0.1, -0.05) is 0 Å². The van der Waals surface area contributed by atoms with Crippen LogP contribution in [0.15, 0.2) is 35.8 Å². The van der Waals surface area contributed by atoms with Crippen LogP contribution in [0.4, 0.5) is 0 Å². The molecule has 1 amide bonds. The first-order valence-corrected chi connectivity index (χ1v) is 6.58. The van der Waals surface area contributed by atoms with Gasteiger partial charge in [-0.05, 0) is 38.5 Å². The molecular weight excluding hydrogens is 244 g/mol. The van der Waals surface area contributed by atoms with E-state index >= 15 is 0 Å². The highest BCUT2D eigenvalue weighted by atomic mass is 16.5. The van der Waals surface area contributed by atoms with Gasteiger partial charge in [-0.15, -0.1) is 0 Å². The molecular formula is C14H20N2O3. The lowest BCUT2D eigenvalue weighted by Gasteiger charge is -2.33. The van der Waals surface area contributed by atoms with Gasteiger partial charge in [0.2, 0.25) is 0 Å². The minimum absolute atomic E-state index is 0.232. The Kier molecular flexibility index (Phi) is 4.39. The third-order valence-electron chi connectivity index (χ3n) is 3.02. The zero-order valence-electron chi connectivity index (χ0n) is 11.4. The number of carbonyl (C=O) groups excluding carboxylic acids is 1. The molecule has 2 rings (SSSR count). The van der Waals surface area contributed by atoms with Crippen molar-refractivity contribution in [3.8, 4) is 0 Å². The summed E-state index contributed by atoms with van der Waals surface area (Å²) in [7, 11) is 0. The highest BCUT2D eigenvalue weighted by molar-refractivity contribution is 5.81. The number of hydroxylamine groups is 2. The van der Waals surface area contributed by atoms with Gasteiger partial charge < -0.3 is 9.64 Å². The van der Waals surface area contributed by atoms with E-state index in [0.29, 0.717) is 12.3 Å². The lowest BCUT2D eigenvalue weighted by Crippen LogP contribution is -2.36. The average molecular weight is 264 g/mol. The van der Waals surface area contributed by atoms with Crippen LogP contribution in [0.1, 0.15) is 26.7 Å². The van der Waals surface area contributed by atoms with Crippen LogP contribution in [0, 0.1) is 0 Å². The van der Waals surface area contributed by atoms with Gasteiger partial charge in [0.05, 0.1) is 17.5 Å². The van der Waals surface area contributed by atoms with E-state index in [1.54, 1.807) is 6.08 Å². The van der Waals surface area contributed by atoms with Crippen LogP contribution in [-0.4, -0.2) is 40.3 Å². The van der Waals surface area contributed by atoms with E-state index < -0.39 is 0 Å². The van der Waals surface area contributed by atoms with Gasteiger partial charge >= 0.3 is 0 Å². The molecule has 0 spiro atoms. The van der Waals surface area contributed by atoms with Gasteiger partial charge in [-0.25, -0.2) is 0 Å². The highest BCUT2D eigenvalue weighted by Gasteiger charge is 2.27. The first-order valence-electron chi connectivity index (χ1n) is 6.58. The zero-order chi connectivity index (χ0) is 13.8. The lowest BCUT2D eigenvalue weighted by molar-refractivity contribution is -0.156. The maximum Gasteiger partial charge on any atom is 0.254 e. The number of hydrogen-bond acceptors (Lipinski definition) is 4. The second-order valence-electron chi connectivity index (χ2n) is 4.86. The molecule has 0 aromatic heterocycles. The molecule has 0 aliphatic carbocycles. The normalized spacial score (nSPS) is 18.6. The van der Waals surface area contributed by atoms with Crippen molar-refractivity contribution in [3.63, 3.8) is 0 Å². The third-order valence-corrected chi connectivity index (χ3v) is 3.02. The predicted molar refractivity (Wildman–Crippen MR) is 71.0 cm³/mol. The largest absolute Gasteiger partial charge is 0.379 e. The van der Waals surface area contributed by atoms with Crippen LogP contribution in [0.2, 0.25) is 0 Å². The molecule has 2 aliphatic heterocycles. The maximum atomic E-state index is 11.4. The van der Waals surface area contributed by atoms with Gasteiger partial charge in [0.15, 0.2) is 0 Å². The molecule has 0 unspecified atom stereocenters. The van der Waals surface area contributed by atoms with E-state index in [0.717, 1.165) is 23.7 Å². The number of rotatable bonds is 5. The van der Waals surface area contributed by atoms with Crippen molar-refractivity contribution in [3.05, 3.63) is 35.8 Å². The first kappa shape index (κ1) is 13.8. The molecule has 2 heterocycles. The summed E-state index contributed by atoms with van der Waals surface area (Å²) in [5.74, 6) is -0.298. The Labute approximate surface area is 113 Å². The van der Waals surface area contributed by atoms with E-state index in [-0.39, 0.29) is 18.4 Å². The molecule has 0 bridgehead atoms. The van der Waals surface area contributed by atoms with Gasteiger partial charge in [0.1, 0.15) is 0 Å². The second kappa shape index (κ2) is 6.04. The smallest absolute Gasteiger partial charge is 0.254 e. The van der Waals surface area contributed by atoms with Crippen molar-refractivity contribution in [1.82, 2.24) is 9.96 Å². The van der Waals surface area contributed by atoms with Crippen molar-refractivity contribution < 1.29 is 14.7 Å². The standard InChI is InChI=1S/C14H20N2O3/c1-11(2)19-10-4-9-15-8-3-5-13-12(15)6-7-14(17)16(13)18/h3,5-6,8,11,18H,4,7,9-10H2,1-2H3. The molecule has 104 valence electrons. The average Bonchev–Trinajstić information content (AvgIpc) is 2.39. The number of carbonyl (C=O) groups is 1. The van der Waals surface area contributed by atoms with Gasteiger partial charge in [0, 0.05) is 25.8 Å². The van der Waals surface area contributed by atoms with Crippen molar-refractivity contribution in [1.29, 1.82) is 0 Å². The molecule has 0 atom stereocenters. The minimum Gasteiger partial charge on any atom is -0.379 e. The second-order valence-corrected chi connectivity index (χ2v) is 4.86. The predicted octanol–water partition coefficient (Wildman–Crippen LogP) is 2.02. The summed E-state index contributed by atoms with van der Waals surface area (Å²) in [6.45, 7) is 5.53. The Balaban J connectivity index is 1.95. The summed E-state index contributed by atoms with van der Waals surface area (Å²) in [6.07, 6.45) is 8.75. The monoisotopic (exact) mass is 264 g/mol. The van der Waals surface area contributed by atoms with Crippen LogP contribution in [0.3, 0.4) is 0 Å². The van der Waals surface area contributed by atoms with E-state index in [1.807, 2.05) is 37.1 Å². The summed E-state index contributed by atoms with van der Waals surface area (Å²) in [6, 6.07) is 0. The van der Waals surface area contributed by atoms with Crippen LogP contribution in [0.25, 0.3) is 0 Å². The number of fused-ring (bicyclic) bond motifs is 1. The van der Waals surface area contributed by atoms with Crippen molar-refractivity contribution >= 4 is 5.91 Å². The molecule has 0 fully saturated rings. The van der Waals surface area contributed by atoms with Crippen molar-refractivity contribution in [2.24, 2.45) is 0 Å². The number of ether oxygens (including phenoxy) is 1. The highest BCUT2D eigenvalue weighted by Crippen LogP contribution is 2.27. The molecule has 0 aromatic rings. The fourth-order valence-electron chi connectivity index (χ4n) is 2.11. The fourth-order valence-corrected chi connectivity index (χ4v) is 2.11. The van der Waals surface area contributed by atoms with E-state index in [1.165, 1.54) is 0 Å². The molecule has 19 heavy (non-hydrogen) atoms. The first-order chi connectivity index (χ1) is 9.09. The van der Waals surface area contributed by atoms with Crippen LogP contribution in [0.5, 0.6) is 0 Å². The molecule has 0 saturated heterocycles. The Bertz CT molecular complexity index is 438. The molecule has 0 radical (unpaired) electrons. The number of amides is 1. The summed E-state index contributed by atoms with van der Waals surface area (Å²) < 4.78 is 5.51. The SMILES string of the molecule is CC(C)OCCCN1C=CC=C2C1=CCC(=O)N2O. The lowest BCUT2D eigenvalue weighted by atomic mass is 10.1. The molecule has 5 nitrogen and oxygen atoms in total. The van der Waals surface area contributed by atoms with Crippen LogP contribution >= 0.6 is 0 Å². The molecule has 0 aromatic carbocycles. The summed E-state index contributed by atoms with van der Waals surface area (Å²) in [4.78, 5) is 13.5. The summed E-state index contributed by atoms with van der Waals surface area (Å²) >= 11 is 0. The van der Waals surface area contributed by atoms with E-state index in [9.17, 15) is 10.0 Å². The minimum atomic E-state index is -0.298. The Morgan fingerprint density at radius 2 is 2.21 bits per heavy atom. The third kappa shape index (κ3) is 3.24. The molecule has 0 saturated carbocycles. The van der Waals surface area contributed by atoms with E-state index in [2.05, 4.69) is 0 Å². The summed E-state index contributed by atoms with van der Waals surface area (Å²) in [5, 5.41) is 10.5. The Hall–Kier alpha value is -1.59. The number of allylic oxidation sites excluding steroid dienone is 2. The van der Waals surface area contributed by atoms with E-state index in [4.69, 9.17) is 4.74 Å². The molecule has 5 heteroatoms. The van der Waals surface area contributed by atoms with Gasteiger partial charge in [0.25, 0.3) is 5.91 Å². The van der Waals surface area contributed by atoms with Crippen LogP contribution in [-0.2, 0) is 9.53 Å². The fraction of sp³-hybridized carbons (Fsp3) is 0.500. The van der Waals surface area contributed by atoms with Crippen molar-refractivity contribution in [2.75, 3.05) is 13.2 Å². The topological polar surface area (TPSA) is 53.0 Å². The van der Waals surface area contributed by atoms with Gasteiger partial charge in [-0.3, -0.25) is 10.0 Å². The molecule has 1 N–H and O–H groups in total. The summed E-state index contributed by atoms with van der Waals surface area (Å²) in [5.41, 5.74) is 1.43. The Morgan fingerprint density at radius 3 is 2.95 bits per heavy atom. The quantitative estimate of drug-likeness (QED) is 0.609. The molecule has 2 aliphatic rings. The Morgan fingerprint density at radius 1 is 1.42 bits per heavy atom. The number of nitrogens with zero attached hydrogens (tertiary/aromatic N) is 2. The number of hydrogen-bond donors (Lipinski definition) is 1. The van der Waals surface area contributed by atoms with Gasteiger partial charge in [-0.2, -0.15) is 5.06 Å². The van der Waals surface area contributed by atoms with Crippen molar-refractivity contribution in [2.45, 2.75) is 32.8 Å². The zero-order valence-corrected chi connectivity index (χ0v) is 11.4. The van der Waals surface area contributed by atoms with Crippen LogP contribution < -0.4 is 0 Å². The maximum absolute atomic E-state index is 11.4.